The molecule has 2 N–H and O–H groups in total. The summed E-state index contributed by atoms with van der Waals surface area (Å²) < 4.78 is 1.07. The number of rotatable bonds is 4. The second kappa shape index (κ2) is 4.34. The van der Waals surface area contributed by atoms with Gasteiger partial charge in [0.2, 0.25) is 0 Å². The molecule has 0 fully saturated rings. The lowest BCUT2D eigenvalue weighted by molar-refractivity contribution is -0.137. The van der Waals surface area contributed by atoms with Crippen LogP contribution >= 0.6 is 11.3 Å². The maximum Gasteiger partial charge on any atom is 0.358 e. The molecule has 0 amide bonds. The van der Waals surface area contributed by atoms with E-state index in [9.17, 15) is 9.59 Å². The number of carboxylic acids is 2. The van der Waals surface area contributed by atoms with Gasteiger partial charge in [-0.15, -0.1) is 16.4 Å². The molecule has 2 rings (SSSR count). The van der Waals surface area contributed by atoms with Gasteiger partial charge >= 0.3 is 11.9 Å². The molecule has 17 heavy (non-hydrogen) atoms. The number of carboxylic acid groups (broad SMARTS) is 2. The van der Waals surface area contributed by atoms with Gasteiger partial charge < -0.3 is 10.2 Å². The molecule has 0 saturated heterocycles. The van der Waals surface area contributed by atoms with Gasteiger partial charge in [0, 0.05) is 0 Å². The average molecular weight is 253 g/mol. The number of aromatic nitrogens is 3. The van der Waals surface area contributed by atoms with Gasteiger partial charge in [-0.2, -0.15) is 0 Å². The van der Waals surface area contributed by atoms with E-state index in [2.05, 4.69) is 10.3 Å². The summed E-state index contributed by atoms with van der Waals surface area (Å²) in [5.74, 6) is -2.34. The predicted octanol–water partition coefficient (Wildman–Crippen LogP) is 0.789. The SMILES string of the molecule is O=C(O)Cn1nnc(C(=O)O)c1-c1cccs1. The van der Waals surface area contributed by atoms with Crippen LogP contribution in [0.4, 0.5) is 0 Å². The predicted molar refractivity (Wildman–Crippen MR) is 57.9 cm³/mol. The summed E-state index contributed by atoms with van der Waals surface area (Å²) >= 11 is 1.30. The Morgan fingerprint density at radius 1 is 1.41 bits per heavy atom. The van der Waals surface area contributed by atoms with Crippen molar-refractivity contribution in [3.05, 3.63) is 23.2 Å². The first-order valence-corrected chi connectivity index (χ1v) is 5.40. The zero-order chi connectivity index (χ0) is 12.4. The molecular weight excluding hydrogens is 246 g/mol. The smallest absolute Gasteiger partial charge is 0.358 e. The molecule has 2 aromatic heterocycles. The van der Waals surface area contributed by atoms with Crippen LogP contribution in [0, 0.1) is 0 Å². The fourth-order valence-electron chi connectivity index (χ4n) is 1.35. The number of thiophene rings is 1. The van der Waals surface area contributed by atoms with Gasteiger partial charge in [0.25, 0.3) is 0 Å². The molecule has 8 heteroatoms. The Hall–Kier alpha value is -2.22. The van der Waals surface area contributed by atoms with Gasteiger partial charge in [-0.05, 0) is 11.4 Å². The van der Waals surface area contributed by atoms with E-state index in [1.54, 1.807) is 17.5 Å². The summed E-state index contributed by atoms with van der Waals surface area (Å²) in [6.07, 6.45) is 0. The number of hydrogen-bond donors (Lipinski definition) is 2. The van der Waals surface area contributed by atoms with Gasteiger partial charge in [0.05, 0.1) is 4.88 Å². The Balaban J connectivity index is 2.55. The third-order valence-corrected chi connectivity index (χ3v) is 2.85. The van der Waals surface area contributed by atoms with Crippen molar-refractivity contribution in [2.45, 2.75) is 6.54 Å². The fourth-order valence-corrected chi connectivity index (χ4v) is 2.13. The standard InChI is InChI=1S/C9H7N3O4S/c13-6(14)4-12-8(5-2-1-3-17-5)7(9(15)16)10-11-12/h1-3H,4H2,(H,13,14)(H,15,16). The fraction of sp³-hybridized carbons (Fsp3) is 0.111. The number of hydrogen-bond acceptors (Lipinski definition) is 5. The second-order valence-electron chi connectivity index (χ2n) is 3.12. The maximum atomic E-state index is 11.0. The largest absolute Gasteiger partial charge is 0.480 e. The summed E-state index contributed by atoms with van der Waals surface area (Å²) in [4.78, 5) is 22.2. The summed E-state index contributed by atoms with van der Waals surface area (Å²) in [7, 11) is 0. The Kier molecular flexibility index (Phi) is 2.88. The van der Waals surface area contributed by atoms with Gasteiger partial charge in [-0.3, -0.25) is 4.79 Å². The van der Waals surface area contributed by atoms with Crippen LogP contribution in [0.3, 0.4) is 0 Å². The van der Waals surface area contributed by atoms with E-state index in [4.69, 9.17) is 10.2 Å². The van der Waals surface area contributed by atoms with Crippen molar-refractivity contribution in [3.8, 4) is 10.6 Å². The molecule has 2 heterocycles. The van der Waals surface area contributed by atoms with E-state index in [-0.39, 0.29) is 11.4 Å². The molecule has 0 bridgehead atoms. The van der Waals surface area contributed by atoms with Crippen LogP contribution < -0.4 is 0 Å². The molecule has 7 nitrogen and oxygen atoms in total. The monoisotopic (exact) mass is 253 g/mol. The molecule has 0 aliphatic heterocycles. The lowest BCUT2D eigenvalue weighted by atomic mass is 10.2. The molecule has 0 unspecified atom stereocenters. The number of aliphatic carboxylic acids is 1. The molecule has 0 atom stereocenters. The average Bonchev–Trinajstić information content (AvgIpc) is 2.83. The van der Waals surface area contributed by atoms with E-state index in [0.29, 0.717) is 4.88 Å². The van der Waals surface area contributed by atoms with Crippen molar-refractivity contribution >= 4 is 23.3 Å². The number of aromatic carboxylic acids is 1. The van der Waals surface area contributed by atoms with Crippen molar-refractivity contribution in [1.29, 1.82) is 0 Å². The third kappa shape index (κ3) is 2.16. The zero-order valence-electron chi connectivity index (χ0n) is 8.40. The highest BCUT2D eigenvalue weighted by molar-refractivity contribution is 7.13. The first-order valence-electron chi connectivity index (χ1n) is 4.52. The van der Waals surface area contributed by atoms with Crippen LogP contribution in [0.15, 0.2) is 17.5 Å². The normalized spacial score (nSPS) is 10.4. The summed E-state index contributed by atoms with van der Waals surface area (Å²) in [5.41, 5.74) is -0.0244. The minimum absolute atomic E-state index is 0.218. The summed E-state index contributed by atoms with van der Waals surface area (Å²) in [5, 5.41) is 26.4. The van der Waals surface area contributed by atoms with Gasteiger partial charge in [0.15, 0.2) is 5.69 Å². The Morgan fingerprint density at radius 2 is 2.18 bits per heavy atom. The molecule has 0 aliphatic carbocycles. The molecule has 0 spiro atoms. The number of nitrogens with zero attached hydrogens (tertiary/aromatic N) is 3. The highest BCUT2D eigenvalue weighted by Gasteiger charge is 2.22. The van der Waals surface area contributed by atoms with Crippen LogP contribution in [0.2, 0.25) is 0 Å². The maximum absolute atomic E-state index is 11.0. The molecule has 0 aliphatic rings. The molecule has 0 radical (unpaired) electrons. The van der Waals surface area contributed by atoms with Crippen molar-refractivity contribution in [3.63, 3.8) is 0 Å². The van der Waals surface area contributed by atoms with Crippen LogP contribution in [0.1, 0.15) is 10.5 Å². The lowest BCUT2D eigenvalue weighted by Crippen LogP contribution is -2.11. The van der Waals surface area contributed by atoms with Crippen LogP contribution in [0.25, 0.3) is 10.6 Å². The Morgan fingerprint density at radius 3 is 2.71 bits per heavy atom. The zero-order valence-corrected chi connectivity index (χ0v) is 9.22. The first-order chi connectivity index (χ1) is 8.09. The van der Waals surface area contributed by atoms with E-state index in [1.807, 2.05) is 0 Å². The summed E-state index contributed by atoms with van der Waals surface area (Å²) in [6, 6.07) is 3.43. The van der Waals surface area contributed by atoms with E-state index >= 15 is 0 Å². The van der Waals surface area contributed by atoms with Gasteiger partial charge in [-0.25, -0.2) is 9.48 Å². The molecule has 88 valence electrons. The van der Waals surface area contributed by atoms with Crippen molar-refractivity contribution in [1.82, 2.24) is 15.0 Å². The van der Waals surface area contributed by atoms with Crippen molar-refractivity contribution < 1.29 is 19.8 Å². The summed E-state index contributed by atoms with van der Waals surface area (Å²) in [6.45, 7) is -0.423. The Bertz CT molecular complexity index is 561. The quantitative estimate of drug-likeness (QED) is 0.834. The van der Waals surface area contributed by atoms with Gasteiger partial charge in [-0.1, -0.05) is 11.3 Å². The third-order valence-electron chi connectivity index (χ3n) is 1.98. The highest BCUT2D eigenvalue weighted by Crippen LogP contribution is 2.26. The minimum atomic E-state index is -1.23. The lowest BCUT2D eigenvalue weighted by Gasteiger charge is -2.01. The molecule has 0 aromatic carbocycles. The van der Waals surface area contributed by atoms with Crippen molar-refractivity contribution in [2.75, 3.05) is 0 Å². The molecule has 0 saturated carbocycles. The van der Waals surface area contributed by atoms with E-state index in [0.717, 1.165) is 4.68 Å². The van der Waals surface area contributed by atoms with E-state index < -0.39 is 18.5 Å². The number of carbonyl (C=O) groups is 2. The topological polar surface area (TPSA) is 105 Å². The molecule has 2 aromatic rings. The second-order valence-corrected chi connectivity index (χ2v) is 4.07. The van der Waals surface area contributed by atoms with Crippen LogP contribution in [-0.2, 0) is 11.3 Å². The van der Waals surface area contributed by atoms with Crippen molar-refractivity contribution in [2.24, 2.45) is 0 Å². The van der Waals surface area contributed by atoms with Crippen LogP contribution in [-0.4, -0.2) is 37.1 Å². The van der Waals surface area contributed by atoms with Crippen LogP contribution in [0.5, 0.6) is 0 Å². The minimum Gasteiger partial charge on any atom is -0.480 e. The first kappa shape index (κ1) is 11.3. The van der Waals surface area contributed by atoms with E-state index in [1.165, 1.54) is 11.3 Å². The van der Waals surface area contributed by atoms with Gasteiger partial charge in [0.1, 0.15) is 12.2 Å². The highest BCUT2D eigenvalue weighted by atomic mass is 32.1. The Labute approximate surface area is 98.9 Å². The molecular formula is C9H7N3O4S.